The largest absolute Gasteiger partial charge is 0.433 e. The number of anilines is 1. The van der Waals surface area contributed by atoms with Crippen molar-refractivity contribution in [2.45, 2.75) is 37.1 Å². The Balaban J connectivity index is 1.66. The van der Waals surface area contributed by atoms with E-state index in [9.17, 15) is 39.6 Å². The summed E-state index contributed by atoms with van der Waals surface area (Å²) in [6.45, 7) is 3.24. The van der Waals surface area contributed by atoms with Crippen LogP contribution in [0.15, 0.2) is 65.7 Å². The molecular weight excluding hydrogens is 568 g/mol. The number of carbonyl (C=O) groups excluding carboxylic acids is 1. The van der Waals surface area contributed by atoms with Crippen molar-refractivity contribution < 1.29 is 44.3 Å². The zero-order chi connectivity index (χ0) is 29.5. The second kappa shape index (κ2) is 10.4. The highest BCUT2D eigenvalue weighted by Gasteiger charge is 2.36. The van der Waals surface area contributed by atoms with Crippen LogP contribution in [0.2, 0.25) is 0 Å². The van der Waals surface area contributed by atoms with Crippen LogP contribution in [0, 0.1) is 0 Å². The van der Waals surface area contributed by atoms with Crippen molar-refractivity contribution in [3.05, 3.63) is 72.1 Å². The Labute approximate surface area is 222 Å². The molecule has 4 aromatic rings. The van der Waals surface area contributed by atoms with Gasteiger partial charge < -0.3 is 4.74 Å². The molecule has 0 fully saturated rings. The number of halogens is 6. The zero-order valence-corrected chi connectivity index (χ0v) is 21.3. The molecule has 0 bridgehead atoms. The van der Waals surface area contributed by atoms with E-state index in [-0.39, 0.29) is 21.8 Å². The number of hydrogen-bond donors (Lipinski definition) is 2. The average molecular weight is 588 g/mol. The quantitative estimate of drug-likeness (QED) is 0.279. The predicted octanol–water partition coefficient (Wildman–Crippen LogP) is 5.73. The molecule has 2 heterocycles. The third kappa shape index (κ3) is 6.34. The lowest BCUT2D eigenvalue weighted by Gasteiger charge is -2.13. The summed E-state index contributed by atoms with van der Waals surface area (Å²) in [7, 11) is -3.89. The van der Waals surface area contributed by atoms with Gasteiger partial charge in [0.2, 0.25) is 10.0 Å². The van der Waals surface area contributed by atoms with Crippen molar-refractivity contribution in [2.75, 3.05) is 5.32 Å². The number of ether oxygens (including phenoxy) is 1. The Kier molecular flexibility index (Phi) is 7.51. The van der Waals surface area contributed by atoms with E-state index in [1.54, 1.807) is 13.8 Å². The highest BCUT2D eigenvalue weighted by Crippen LogP contribution is 2.35. The van der Waals surface area contributed by atoms with Gasteiger partial charge in [-0.15, -0.1) is 0 Å². The molecule has 0 unspecified atom stereocenters. The molecule has 40 heavy (non-hydrogen) atoms. The molecule has 212 valence electrons. The van der Waals surface area contributed by atoms with Gasteiger partial charge in [0.15, 0.2) is 17.1 Å². The minimum absolute atomic E-state index is 0.00230. The number of aromatic nitrogens is 3. The van der Waals surface area contributed by atoms with Crippen LogP contribution in [0.25, 0.3) is 16.9 Å². The van der Waals surface area contributed by atoms with E-state index in [4.69, 9.17) is 4.74 Å². The van der Waals surface area contributed by atoms with Gasteiger partial charge in [0.05, 0.1) is 22.3 Å². The molecule has 16 heteroatoms. The summed E-state index contributed by atoms with van der Waals surface area (Å²) in [6.07, 6.45) is -10.00. The van der Waals surface area contributed by atoms with Crippen LogP contribution >= 0.6 is 0 Å². The van der Waals surface area contributed by atoms with Crippen LogP contribution in [0.3, 0.4) is 0 Å². The Bertz CT molecular complexity index is 1670. The highest BCUT2D eigenvalue weighted by molar-refractivity contribution is 7.89. The average Bonchev–Trinajstić information content (AvgIpc) is 3.24. The van der Waals surface area contributed by atoms with Gasteiger partial charge in [-0.3, -0.25) is 5.32 Å². The standard InChI is InChI=1S/C24H19F6N5O4S/c1-13(2)34-40(37,38)17-5-3-4-16(10-17)32-22(36)39-19-12-31-35-20(24(28,29)30)11-18(33-21(19)35)14-6-8-15(9-7-14)23(25,26)27/h3-13,34H,1-2H3,(H,32,36). The Morgan fingerprint density at radius 3 is 2.25 bits per heavy atom. The van der Waals surface area contributed by atoms with Crippen LogP contribution in [0.4, 0.5) is 36.8 Å². The van der Waals surface area contributed by atoms with Gasteiger partial charge in [-0.2, -0.15) is 31.4 Å². The van der Waals surface area contributed by atoms with E-state index < -0.39 is 57.2 Å². The molecule has 0 aliphatic rings. The van der Waals surface area contributed by atoms with Crippen molar-refractivity contribution in [2.24, 2.45) is 0 Å². The van der Waals surface area contributed by atoms with Gasteiger partial charge in [0.1, 0.15) is 0 Å². The van der Waals surface area contributed by atoms with E-state index in [1.165, 1.54) is 18.2 Å². The number of amides is 1. The van der Waals surface area contributed by atoms with Crippen molar-refractivity contribution in [1.82, 2.24) is 19.3 Å². The minimum Gasteiger partial charge on any atom is -0.404 e. The first kappa shape index (κ1) is 28.8. The monoisotopic (exact) mass is 587 g/mol. The van der Waals surface area contributed by atoms with E-state index in [0.29, 0.717) is 22.7 Å². The fourth-order valence-electron chi connectivity index (χ4n) is 3.56. The summed E-state index contributed by atoms with van der Waals surface area (Å²) in [5.74, 6) is -0.498. The number of sulfonamides is 1. The molecule has 1 amide bonds. The first-order chi connectivity index (χ1) is 18.5. The summed E-state index contributed by atoms with van der Waals surface area (Å²) >= 11 is 0. The molecule has 0 aliphatic heterocycles. The SMILES string of the molecule is CC(C)NS(=O)(=O)c1cccc(NC(=O)Oc2cnn3c(C(F)(F)F)cc(-c4ccc(C(F)(F)F)cc4)nc23)c1. The summed E-state index contributed by atoms with van der Waals surface area (Å²) in [5, 5.41) is 5.87. The summed E-state index contributed by atoms with van der Waals surface area (Å²) < 4.78 is 113. The normalized spacial score (nSPS) is 12.6. The number of nitrogens with zero attached hydrogens (tertiary/aromatic N) is 3. The third-order valence-electron chi connectivity index (χ3n) is 5.22. The second-order valence-electron chi connectivity index (χ2n) is 8.66. The molecule has 9 nitrogen and oxygen atoms in total. The molecule has 0 radical (unpaired) electrons. The van der Waals surface area contributed by atoms with Crippen molar-refractivity contribution in [3.63, 3.8) is 0 Å². The number of hydrogen-bond acceptors (Lipinski definition) is 6. The maximum atomic E-state index is 13.8. The minimum atomic E-state index is -4.96. The molecular formula is C24H19F6N5O4S. The maximum absolute atomic E-state index is 13.8. The summed E-state index contributed by atoms with van der Waals surface area (Å²) in [4.78, 5) is 16.4. The molecule has 2 aromatic heterocycles. The molecule has 0 saturated carbocycles. The van der Waals surface area contributed by atoms with Crippen LogP contribution in [0.1, 0.15) is 25.1 Å². The first-order valence-electron chi connectivity index (χ1n) is 11.3. The summed E-state index contributed by atoms with van der Waals surface area (Å²) in [6, 6.07) is 8.65. The number of alkyl halides is 6. The van der Waals surface area contributed by atoms with Gasteiger partial charge >= 0.3 is 18.4 Å². The Hall–Kier alpha value is -4.18. The molecule has 0 aliphatic carbocycles. The number of benzene rings is 2. The molecule has 4 rings (SSSR count). The number of fused-ring (bicyclic) bond motifs is 1. The van der Waals surface area contributed by atoms with E-state index in [1.807, 2.05) is 0 Å². The smallest absolute Gasteiger partial charge is 0.404 e. The van der Waals surface area contributed by atoms with E-state index in [2.05, 4.69) is 20.1 Å². The Morgan fingerprint density at radius 2 is 1.65 bits per heavy atom. The van der Waals surface area contributed by atoms with Crippen LogP contribution in [-0.4, -0.2) is 35.2 Å². The van der Waals surface area contributed by atoms with Gasteiger partial charge in [0.25, 0.3) is 0 Å². The first-order valence-corrected chi connectivity index (χ1v) is 12.8. The lowest BCUT2D eigenvalue weighted by atomic mass is 10.1. The predicted molar refractivity (Wildman–Crippen MR) is 130 cm³/mol. The lowest BCUT2D eigenvalue weighted by Crippen LogP contribution is -2.30. The summed E-state index contributed by atoms with van der Waals surface area (Å²) in [5.41, 5.74) is -3.28. The third-order valence-corrected chi connectivity index (χ3v) is 6.88. The topological polar surface area (TPSA) is 115 Å². The molecule has 2 N–H and O–H groups in total. The van der Waals surface area contributed by atoms with E-state index in [0.717, 1.165) is 24.4 Å². The Morgan fingerprint density at radius 1 is 0.975 bits per heavy atom. The highest BCUT2D eigenvalue weighted by atomic mass is 32.2. The number of rotatable bonds is 6. The molecule has 0 spiro atoms. The van der Waals surface area contributed by atoms with Gasteiger partial charge in [-0.05, 0) is 50.2 Å². The van der Waals surface area contributed by atoms with Crippen molar-refractivity contribution in [3.8, 4) is 17.0 Å². The second-order valence-corrected chi connectivity index (χ2v) is 10.4. The lowest BCUT2D eigenvalue weighted by molar-refractivity contribution is -0.142. The van der Waals surface area contributed by atoms with Crippen LogP contribution in [-0.2, 0) is 22.4 Å². The van der Waals surface area contributed by atoms with Gasteiger partial charge in [-0.1, -0.05) is 18.2 Å². The van der Waals surface area contributed by atoms with Gasteiger partial charge in [-0.25, -0.2) is 27.4 Å². The van der Waals surface area contributed by atoms with Crippen LogP contribution in [0.5, 0.6) is 5.75 Å². The fraction of sp³-hybridized carbons (Fsp3) is 0.208. The fourth-order valence-corrected chi connectivity index (χ4v) is 4.85. The van der Waals surface area contributed by atoms with Crippen molar-refractivity contribution >= 4 is 27.5 Å². The zero-order valence-electron chi connectivity index (χ0n) is 20.5. The molecule has 2 aromatic carbocycles. The molecule has 0 saturated heterocycles. The molecule has 0 atom stereocenters. The van der Waals surface area contributed by atoms with Crippen LogP contribution < -0.4 is 14.8 Å². The maximum Gasteiger partial charge on any atom is 0.433 e. The van der Waals surface area contributed by atoms with Crippen molar-refractivity contribution in [1.29, 1.82) is 0 Å². The number of nitrogens with one attached hydrogen (secondary N) is 2. The van der Waals surface area contributed by atoms with E-state index >= 15 is 0 Å². The number of carbonyl (C=O) groups is 1. The van der Waals surface area contributed by atoms with Gasteiger partial charge in [0, 0.05) is 17.3 Å².